The first-order chi connectivity index (χ1) is 12.2. The summed E-state index contributed by atoms with van der Waals surface area (Å²) in [4.78, 5) is 13.2. The van der Waals surface area contributed by atoms with Crippen LogP contribution in [-0.4, -0.2) is 24.6 Å². The molecule has 0 bridgehead atoms. The van der Waals surface area contributed by atoms with E-state index in [0.717, 1.165) is 16.6 Å². The van der Waals surface area contributed by atoms with Gasteiger partial charge in [-0.3, -0.25) is 4.57 Å². The predicted octanol–water partition coefficient (Wildman–Crippen LogP) is 3.69. The zero-order valence-corrected chi connectivity index (χ0v) is 13.7. The maximum absolute atomic E-state index is 9.73. The molecule has 0 amide bonds. The number of imidazole rings is 1. The number of phenols is 1. The summed E-state index contributed by atoms with van der Waals surface area (Å²) >= 11 is 0. The molecule has 2 heterocycles. The van der Waals surface area contributed by atoms with Gasteiger partial charge in [-0.2, -0.15) is 4.98 Å². The van der Waals surface area contributed by atoms with Crippen molar-refractivity contribution in [1.29, 1.82) is 0 Å². The molecule has 0 saturated carbocycles. The highest BCUT2D eigenvalue weighted by molar-refractivity contribution is 5.78. The second-order valence-corrected chi connectivity index (χ2v) is 5.80. The van der Waals surface area contributed by atoms with Crippen molar-refractivity contribution in [3.8, 4) is 11.6 Å². The van der Waals surface area contributed by atoms with Crippen molar-refractivity contribution >= 4 is 17.0 Å². The predicted molar refractivity (Wildman–Crippen MR) is 96.8 cm³/mol. The van der Waals surface area contributed by atoms with Crippen LogP contribution in [0.1, 0.15) is 18.5 Å². The van der Waals surface area contributed by atoms with Crippen molar-refractivity contribution in [2.45, 2.75) is 13.0 Å². The highest BCUT2D eigenvalue weighted by atomic mass is 16.3. The van der Waals surface area contributed by atoms with Crippen LogP contribution in [-0.2, 0) is 0 Å². The number of nitrogens with zero attached hydrogens (tertiary/aromatic N) is 4. The molecule has 25 heavy (non-hydrogen) atoms. The fourth-order valence-electron chi connectivity index (χ4n) is 2.75. The Morgan fingerprint density at radius 1 is 1.04 bits per heavy atom. The number of aromatic nitrogens is 4. The Morgan fingerprint density at radius 2 is 1.88 bits per heavy atom. The number of benzene rings is 2. The molecule has 0 aliphatic rings. The van der Waals surface area contributed by atoms with E-state index in [4.69, 9.17) is 0 Å². The molecule has 6 heteroatoms. The molecule has 0 unspecified atom stereocenters. The second-order valence-electron chi connectivity index (χ2n) is 5.80. The molecular weight excluding hydrogens is 314 g/mol. The Bertz CT molecular complexity index is 1010. The van der Waals surface area contributed by atoms with E-state index in [-0.39, 0.29) is 11.8 Å². The van der Waals surface area contributed by atoms with Crippen molar-refractivity contribution in [2.24, 2.45) is 0 Å². The van der Waals surface area contributed by atoms with Crippen LogP contribution in [0.4, 0.5) is 5.95 Å². The minimum atomic E-state index is 0.0834. The van der Waals surface area contributed by atoms with Crippen molar-refractivity contribution in [3.63, 3.8) is 0 Å². The average molecular weight is 331 g/mol. The van der Waals surface area contributed by atoms with Gasteiger partial charge in [0.25, 0.3) is 0 Å². The maximum Gasteiger partial charge on any atom is 0.225 e. The van der Waals surface area contributed by atoms with Crippen molar-refractivity contribution < 1.29 is 5.11 Å². The standard InChI is InChI=1S/C19H17N5O/c1-13(14-5-3-2-4-6-14)22-19-20-10-9-18(23-19)24-12-21-16-8-7-15(25)11-17(16)24/h2-13,25H,1H3,(H,20,22,23)/t13-/m0/s1. The Balaban J connectivity index is 1.66. The van der Waals surface area contributed by atoms with Gasteiger partial charge in [-0.25, -0.2) is 9.97 Å². The molecule has 2 aromatic heterocycles. The average Bonchev–Trinajstić information content (AvgIpc) is 3.05. The first-order valence-corrected chi connectivity index (χ1v) is 8.02. The molecule has 0 spiro atoms. The number of anilines is 1. The van der Waals surface area contributed by atoms with Gasteiger partial charge in [-0.1, -0.05) is 30.3 Å². The third-order valence-corrected chi connectivity index (χ3v) is 4.06. The van der Waals surface area contributed by atoms with Crippen LogP contribution in [0.3, 0.4) is 0 Å². The molecule has 0 fully saturated rings. The molecule has 0 saturated heterocycles. The Kier molecular flexibility index (Phi) is 3.78. The molecular formula is C19H17N5O. The summed E-state index contributed by atoms with van der Waals surface area (Å²) < 4.78 is 1.83. The summed E-state index contributed by atoms with van der Waals surface area (Å²) in [6.45, 7) is 2.07. The third-order valence-electron chi connectivity index (χ3n) is 4.06. The van der Waals surface area contributed by atoms with Gasteiger partial charge in [0.15, 0.2) is 0 Å². The summed E-state index contributed by atoms with van der Waals surface area (Å²) in [5.41, 5.74) is 2.75. The van der Waals surface area contributed by atoms with Gasteiger partial charge in [0.2, 0.25) is 5.95 Å². The molecule has 1 atom stereocenters. The van der Waals surface area contributed by atoms with Crippen LogP contribution in [0.25, 0.3) is 16.9 Å². The minimum absolute atomic E-state index is 0.0834. The van der Waals surface area contributed by atoms with Crippen LogP contribution >= 0.6 is 0 Å². The van der Waals surface area contributed by atoms with Crippen LogP contribution in [0.5, 0.6) is 5.75 Å². The topological polar surface area (TPSA) is 75.9 Å². The van der Waals surface area contributed by atoms with Crippen molar-refractivity contribution in [3.05, 3.63) is 72.7 Å². The zero-order chi connectivity index (χ0) is 17.2. The van der Waals surface area contributed by atoms with Crippen molar-refractivity contribution in [1.82, 2.24) is 19.5 Å². The van der Waals surface area contributed by atoms with Gasteiger partial charge in [0.05, 0.1) is 17.1 Å². The van der Waals surface area contributed by atoms with Gasteiger partial charge in [-0.05, 0) is 30.7 Å². The SMILES string of the molecule is C[C@H](Nc1nccc(-n2cnc3ccc(O)cc32)n1)c1ccccc1. The lowest BCUT2D eigenvalue weighted by molar-refractivity contribution is 0.476. The summed E-state index contributed by atoms with van der Waals surface area (Å²) in [6, 6.07) is 17.1. The lowest BCUT2D eigenvalue weighted by Gasteiger charge is -2.14. The summed E-state index contributed by atoms with van der Waals surface area (Å²) in [5, 5.41) is 13.0. The highest BCUT2D eigenvalue weighted by Crippen LogP contribution is 2.22. The monoisotopic (exact) mass is 331 g/mol. The van der Waals surface area contributed by atoms with Crippen LogP contribution in [0.2, 0.25) is 0 Å². The quantitative estimate of drug-likeness (QED) is 0.596. The van der Waals surface area contributed by atoms with E-state index in [1.165, 1.54) is 0 Å². The minimum Gasteiger partial charge on any atom is -0.508 e. The van der Waals surface area contributed by atoms with E-state index >= 15 is 0 Å². The Morgan fingerprint density at radius 3 is 2.72 bits per heavy atom. The second kappa shape index (κ2) is 6.24. The lowest BCUT2D eigenvalue weighted by atomic mass is 10.1. The van der Waals surface area contributed by atoms with Crippen LogP contribution in [0.15, 0.2) is 67.1 Å². The summed E-state index contributed by atoms with van der Waals surface area (Å²) in [7, 11) is 0. The Labute approximate surface area is 144 Å². The van der Waals surface area contributed by atoms with Crippen LogP contribution < -0.4 is 5.32 Å². The van der Waals surface area contributed by atoms with E-state index in [0.29, 0.717) is 11.8 Å². The number of phenolic OH excluding ortho intramolecular Hbond substituents is 1. The molecule has 2 aromatic carbocycles. The van der Waals surface area contributed by atoms with E-state index in [9.17, 15) is 5.11 Å². The van der Waals surface area contributed by atoms with Gasteiger partial charge in [0, 0.05) is 12.3 Å². The third kappa shape index (κ3) is 3.01. The van der Waals surface area contributed by atoms with E-state index in [2.05, 4.69) is 39.3 Å². The molecule has 0 aliphatic heterocycles. The highest BCUT2D eigenvalue weighted by Gasteiger charge is 2.10. The first-order valence-electron chi connectivity index (χ1n) is 8.02. The van der Waals surface area contributed by atoms with Gasteiger partial charge in [-0.15, -0.1) is 0 Å². The van der Waals surface area contributed by atoms with Crippen molar-refractivity contribution in [2.75, 3.05) is 5.32 Å². The number of rotatable bonds is 4. The van der Waals surface area contributed by atoms with E-state index in [1.807, 2.05) is 28.8 Å². The van der Waals surface area contributed by atoms with Gasteiger partial charge in [0.1, 0.15) is 17.9 Å². The number of fused-ring (bicyclic) bond motifs is 1. The maximum atomic E-state index is 9.73. The van der Waals surface area contributed by atoms with E-state index < -0.39 is 0 Å². The molecule has 2 N–H and O–H groups in total. The number of hydrogen-bond donors (Lipinski definition) is 2. The fourth-order valence-corrected chi connectivity index (χ4v) is 2.75. The first kappa shape index (κ1) is 15.1. The summed E-state index contributed by atoms with van der Waals surface area (Å²) in [5.74, 6) is 1.42. The Hall–Kier alpha value is -3.41. The largest absolute Gasteiger partial charge is 0.508 e. The number of nitrogens with one attached hydrogen (secondary N) is 1. The summed E-state index contributed by atoms with van der Waals surface area (Å²) in [6.07, 6.45) is 3.40. The molecule has 124 valence electrons. The molecule has 4 rings (SSSR count). The number of hydrogen-bond acceptors (Lipinski definition) is 5. The lowest BCUT2D eigenvalue weighted by Crippen LogP contribution is -2.10. The van der Waals surface area contributed by atoms with Gasteiger partial charge >= 0.3 is 0 Å². The van der Waals surface area contributed by atoms with Crippen LogP contribution in [0, 0.1) is 0 Å². The molecule has 0 radical (unpaired) electrons. The smallest absolute Gasteiger partial charge is 0.225 e. The zero-order valence-electron chi connectivity index (χ0n) is 13.7. The fraction of sp³-hybridized carbons (Fsp3) is 0.105. The molecule has 6 nitrogen and oxygen atoms in total. The van der Waals surface area contributed by atoms with Gasteiger partial charge < -0.3 is 10.4 Å². The molecule has 4 aromatic rings. The number of aromatic hydroxyl groups is 1. The normalized spacial score (nSPS) is 12.2. The molecule has 0 aliphatic carbocycles. The van der Waals surface area contributed by atoms with E-state index in [1.54, 1.807) is 30.7 Å².